The van der Waals surface area contributed by atoms with E-state index in [1.807, 2.05) is 12.3 Å². The molecule has 0 unspecified atom stereocenters. The first kappa shape index (κ1) is 12.3. The van der Waals surface area contributed by atoms with Gasteiger partial charge in [0.1, 0.15) is 11.7 Å². The number of furan rings is 1. The van der Waals surface area contributed by atoms with Gasteiger partial charge < -0.3 is 14.2 Å². The summed E-state index contributed by atoms with van der Waals surface area (Å²) in [5, 5.41) is 2.26. The predicted octanol–water partition coefficient (Wildman–Crippen LogP) is 3.86. The second-order valence-corrected chi connectivity index (χ2v) is 5.61. The van der Waals surface area contributed by atoms with Crippen LogP contribution in [-0.4, -0.2) is 23.1 Å². The van der Waals surface area contributed by atoms with Gasteiger partial charge in [0.15, 0.2) is 5.58 Å². The van der Waals surface area contributed by atoms with E-state index in [0.29, 0.717) is 6.17 Å². The maximum absolute atomic E-state index is 5.89. The summed E-state index contributed by atoms with van der Waals surface area (Å²) in [5.74, 6) is 0. The quantitative estimate of drug-likeness (QED) is 0.677. The third-order valence-corrected chi connectivity index (χ3v) is 4.33. The maximum atomic E-state index is 5.89. The number of nitrogens with zero attached hydrogens (tertiary/aromatic N) is 3. The summed E-state index contributed by atoms with van der Waals surface area (Å²) >= 11 is 0. The zero-order valence-corrected chi connectivity index (χ0v) is 12.4. The summed E-state index contributed by atoms with van der Waals surface area (Å²) in [4.78, 5) is 8.61. The first-order chi connectivity index (χ1) is 10.1. The van der Waals surface area contributed by atoms with E-state index < -0.39 is 0 Å². The van der Waals surface area contributed by atoms with E-state index in [1.165, 1.54) is 11.3 Å². The number of aromatic nitrogens is 1. The molecular weight excluding hydrogens is 262 g/mol. The van der Waals surface area contributed by atoms with Gasteiger partial charge in [-0.2, -0.15) is 0 Å². The molecule has 0 bridgehead atoms. The number of pyridine rings is 1. The average molecular weight is 279 g/mol. The Balaban J connectivity index is 1.96. The highest BCUT2D eigenvalue weighted by atomic mass is 16.3. The Kier molecular flexibility index (Phi) is 2.48. The van der Waals surface area contributed by atoms with Gasteiger partial charge in [0, 0.05) is 42.1 Å². The Bertz CT molecular complexity index is 865. The monoisotopic (exact) mass is 279 g/mol. The van der Waals surface area contributed by atoms with Gasteiger partial charge in [0.25, 0.3) is 0 Å². The Morgan fingerprint density at radius 1 is 1.14 bits per heavy atom. The maximum Gasteiger partial charge on any atom is 0.153 e. The molecule has 0 saturated carbocycles. The van der Waals surface area contributed by atoms with Crippen molar-refractivity contribution in [1.82, 2.24) is 9.88 Å². The van der Waals surface area contributed by atoms with Gasteiger partial charge in [0.05, 0.1) is 6.20 Å². The first-order valence-electron chi connectivity index (χ1n) is 7.10. The lowest BCUT2D eigenvalue weighted by Crippen LogP contribution is -2.33. The summed E-state index contributed by atoms with van der Waals surface area (Å²) in [5.41, 5.74) is 4.19. The predicted molar refractivity (Wildman–Crippen MR) is 85.1 cm³/mol. The van der Waals surface area contributed by atoms with Crippen LogP contribution >= 0.6 is 0 Å². The normalized spacial score (nSPS) is 18.3. The van der Waals surface area contributed by atoms with E-state index in [-0.39, 0.29) is 0 Å². The van der Waals surface area contributed by atoms with Crippen molar-refractivity contribution in [2.45, 2.75) is 20.0 Å². The van der Waals surface area contributed by atoms with Crippen LogP contribution in [0.2, 0.25) is 0 Å². The van der Waals surface area contributed by atoms with Crippen molar-refractivity contribution in [3.8, 4) is 0 Å². The fraction of sp³-hybridized carbons (Fsp3) is 0.235. The summed E-state index contributed by atoms with van der Waals surface area (Å²) in [7, 11) is 2.09. The van der Waals surface area contributed by atoms with Crippen LogP contribution in [0.3, 0.4) is 0 Å². The van der Waals surface area contributed by atoms with Gasteiger partial charge >= 0.3 is 0 Å². The lowest BCUT2D eigenvalue weighted by atomic mass is 10.1. The number of aryl methyl sites for hydroxylation is 1. The van der Waals surface area contributed by atoms with Crippen molar-refractivity contribution >= 4 is 27.6 Å². The highest BCUT2D eigenvalue weighted by Gasteiger charge is 2.22. The second-order valence-electron chi connectivity index (χ2n) is 5.61. The van der Waals surface area contributed by atoms with Crippen LogP contribution in [0.5, 0.6) is 0 Å². The van der Waals surface area contributed by atoms with E-state index in [0.717, 1.165) is 21.9 Å². The van der Waals surface area contributed by atoms with Crippen LogP contribution in [0.1, 0.15) is 12.5 Å². The van der Waals surface area contributed by atoms with Crippen LogP contribution in [0.4, 0.5) is 5.69 Å². The molecule has 0 amide bonds. The molecule has 0 aliphatic carbocycles. The minimum atomic E-state index is 0.320. The van der Waals surface area contributed by atoms with Gasteiger partial charge in [-0.1, -0.05) is 0 Å². The Morgan fingerprint density at radius 2 is 2.00 bits per heavy atom. The summed E-state index contributed by atoms with van der Waals surface area (Å²) in [6.07, 6.45) is 8.13. The SMILES string of the molecule is Cc1cc2oc3cnccc3c2cc1N1C=CN(C)[C@@H]1C. The Morgan fingerprint density at radius 3 is 2.76 bits per heavy atom. The number of rotatable bonds is 1. The van der Waals surface area contributed by atoms with Crippen LogP contribution in [0.15, 0.2) is 47.4 Å². The highest BCUT2D eigenvalue weighted by Crippen LogP contribution is 2.35. The molecule has 4 heteroatoms. The Hall–Kier alpha value is -2.49. The summed E-state index contributed by atoms with van der Waals surface area (Å²) in [6.45, 7) is 4.32. The molecule has 1 aliphatic heterocycles. The molecular formula is C17H17N3O. The van der Waals surface area contributed by atoms with Crippen molar-refractivity contribution in [2.75, 3.05) is 11.9 Å². The molecule has 2 aromatic heterocycles. The zero-order valence-electron chi connectivity index (χ0n) is 12.4. The van der Waals surface area contributed by atoms with Crippen molar-refractivity contribution < 1.29 is 4.42 Å². The van der Waals surface area contributed by atoms with Gasteiger partial charge in [-0.25, -0.2) is 0 Å². The number of fused-ring (bicyclic) bond motifs is 3. The van der Waals surface area contributed by atoms with E-state index in [9.17, 15) is 0 Å². The molecule has 0 spiro atoms. The van der Waals surface area contributed by atoms with Crippen molar-refractivity contribution in [3.63, 3.8) is 0 Å². The minimum Gasteiger partial charge on any atom is -0.454 e. The zero-order chi connectivity index (χ0) is 14.6. The summed E-state index contributed by atoms with van der Waals surface area (Å²) in [6, 6.07) is 6.34. The van der Waals surface area contributed by atoms with Crippen molar-refractivity contribution in [1.29, 1.82) is 0 Å². The number of hydrogen-bond acceptors (Lipinski definition) is 4. The minimum absolute atomic E-state index is 0.320. The first-order valence-corrected chi connectivity index (χ1v) is 7.10. The molecule has 0 fully saturated rings. The van der Waals surface area contributed by atoms with Gasteiger partial charge in [-0.05, 0) is 37.6 Å². The lowest BCUT2D eigenvalue weighted by Gasteiger charge is -2.28. The van der Waals surface area contributed by atoms with Crippen LogP contribution in [-0.2, 0) is 0 Å². The largest absolute Gasteiger partial charge is 0.454 e. The molecule has 4 nitrogen and oxygen atoms in total. The van der Waals surface area contributed by atoms with Crippen molar-refractivity contribution in [3.05, 3.63) is 48.6 Å². The third kappa shape index (κ3) is 1.72. The third-order valence-electron chi connectivity index (χ3n) is 4.33. The van der Waals surface area contributed by atoms with E-state index >= 15 is 0 Å². The number of anilines is 1. The van der Waals surface area contributed by atoms with E-state index in [4.69, 9.17) is 4.42 Å². The number of benzene rings is 1. The van der Waals surface area contributed by atoms with Crippen LogP contribution in [0.25, 0.3) is 21.9 Å². The van der Waals surface area contributed by atoms with E-state index in [1.54, 1.807) is 6.20 Å². The molecule has 3 heterocycles. The molecule has 1 atom stereocenters. The molecule has 4 rings (SSSR count). The molecule has 1 aromatic carbocycles. The smallest absolute Gasteiger partial charge is 0.153 e. The highest BCUT2D eigenvalue weighted by molar-refractivity contribution is 6.06. The van der Waals surface area contributed by atoms with Crippen molar-refractivity contribution in [2.24, 2.45) is 0 Å². The topological polar surface area (TPSA) is 32.5 Å². The molecule has 0 N–H and O–H groups in total. The van der Waals surface area contributed by atoms with Crippen LogP contribution < -0.4 is 4.90 Å². The average Bonchev–Trinajstić information content (AvgIpc) is 2.99. The van der Waals surface area contributed by atoms with Gasteiger partial charge in [-0.15, -0.1) is 0 Å². The fourth-order valence-electron chi connectivity index (χ4n) is 2.95. The number of hydrogen-bond donors (Lipinski definition) is 0. The molecule has 0 saturated heterocycles. The molecule has 21 heavy (non-hydrogen) atoms. The molecule has 106 valence electrons. The van der Waals surface area contributed by atoms with Crippen LogP contribution in [0, 0.1) is 6.92 Å². The summed E-state index contributed by atoms with van der Waals surface area (Å²) < 4.78 is 5.89. The lowest BCUT2D eigenvalue weighted by molar-refractivity contribution is 0.383. The van der Waals surface area contributed by atoms with E-state index in [2.05, 4.69) is 60.2 Å². The van der Waals surface area contributed by atoms with Gasteiger partial charge in [0.2, 0.25) is 0 Å². The molecule has 0 radical (unpaired) electrons. The van der Waals surface area contributed by atoms with Gasteiger partial charge in [-0.3, -0.25) is 4.98 Å². The molecule has 3 aromatic rings. The second kappa shape index (κ2) is 4.25. The standard InChI is InChI=1S/C17H17N3O/c1-11-8-16-14(13-4-5-18-10-17(13)21-16)9-15(11)20-7-6-19(3)12(20)2/h4-10,12H,1-3H3/t12-/m0/s1. The fourth-order valence-corrected chi connectivity index (χ4v) is 2.95. The molecule has 1 aliphatic rings. The Labute approximate surface area is 123 Å².